The third kappa shape index (κ3) is 5.44. The Morgan fingerprint density at radius 3 is 2.35 bits per heavy atom. The van der Waals surface area contributed by atoms with E-state index in [0.717, 1.165) is 36.4 Å². The highest BCUT2D eigenvalue weighted by molar-refractivity contribution is 7.80. The predicted molar refractivity (Wildman–Crippen MR) is 116 cm³/mol. The number of quaternary nitrogens is 1. The molecule has 0 unspecified atom stereocenters. The Bertz CT molecular complexity index is 706. The molecule has 0 aliphatic carbocycles. The van der Waals surface area contributed by atoms with Gasteiger partial charge in [-0.05, 0) is 57.1 Å². The largest absolute Gasteiger partial charge is 0.356 e. The third-order valence-corrected chi connectivity index (χ3v) is 5.28. The molecule has 0 aromatic heterocycles. The molecule has 2 rings (SSSR count). The summed E-state index contributed by atoms with van der Waals surface area (Å²) in [5, 5.41) is 7.95. The van der Waals surface area contributed by atoms with E-state index >= 15 is 0 Å². The normalized spacial score (nSPS) is 12.1. The molecule has 0 radical (unpaired) electrons. The van der Waals surface area contributed by atoms with E-state index < -0.39 is 0 Å². The van der Waals surface area contributed by atoms with Crippen LogP contribution in [0.1, 0.15) is 36.6 Å². The van der Waals surface area contributed by atoms with E-state index in [4.69, 9.17) is 23.8 Å². The lowest BCUT2D eigenvalue weighted by Gasteiger charge is -2.28. The minimum absolute atomic E-state index is 0.348. The maximum Gasteiger partial charge on any atom is 0.171 e. The quantitative estimate of drug-likeness (QED) is 0.626. The number of hydrogen-bond donors (Lipinski definition) is 3. The minimum Gasteiger partial charge on any atom is -0.356 e. The van der Waals surface area contributed by atoms with Crippen molar-refractivity contribution in [2.24, 2.45) is 0 Å². The third-order valence-electron chi connectivity index (χ3n) is 4.74. The van der Waals surface area contributed by atoms with Crippen LogP contribution in [-0.2, 0) is 0 Å². The minimum atomic E-state index is 0.348. The summed E-state index contributed by atoms with van der Waals surface area (Å²) >= 11 is 11.9. The molecule has 2 aromatic rings. The number of benzene rings is 2. The number of thiocarbonyl (C=S) groups is 1. The molecule has 0 saturated heterocycles. The van der Waals surface area contributed by atoms with Gasteiger partial charge in [0.1, 0.15) is 6.04 Å². The average Bonchev–Trinajstić information content (AvgIpc) is 2.62. The fraction of sp³-hybridized carbons (Fsp3) is 0.381. The molecule has 0 bridgehead atoms. The van der Waals surface area contributed by atoms with Crippen molar-refractivity contribution in [3.8, 4) is 0 Å². The van der Waals surface area contributed by atoms with Crippen molar-refractivity contribution >= 4 is 34.6 Å². The van der Waals surface area contributed by atoms with Crippen molar-refractivity contribution in [3.05, 3.63) is 64.2 Å². The summed E-state index contributed by atoms with van der Waals surface area (Å²) in [5.74, 6) is 0. The van der Waals surface area contributed by atoms with Crippen molar-refractivity contribution in [2.45, 2.75) is 33.7 Å². The SMILES string of the molecule is CC[NH+](CC)[C@H](CNC(=S)Nc1c(C)cc(C)cc1Cl)c1ccccc1. The van der Waals surface area contributed by atoms with E-state index in [1.807, 2.05) is 19.9 Å². The first-order chi connectivity index (χ1) is 12.5. The summed E-state index contributed by atoms with van der Waals surface area (Å²) in [5.41, 5.74) is 4.44. The molecule has 0 saturated carbocycles. The molecule has 0 spiro atoms. The number of likely N-dealkylation sites (N-methyl/N-ethyl adjacent to an activating group) is 1. The van der Waals surface area contributed by atoms with Crippen LogP contribution in [0, 0.1) is 13.8 Å². The molecular weight excluding hydrogens is 362 g/mol. The van der Waals surface area contributed by atoms with E-state index in [9.17, 15) is 0 Å². The zero-order valence-corrected chi connectivity index (χ0v) is 17.6. The first-order valence-electron chi connectivity index (χ1n) is 9.17. The Kier molecular flexibility index (Phi) is 7.88. The molecule has 0 aliphatic heterocycles. The standard InChI is InChI=1S/C21H28ClN3S/c1-5-25(6-2)19(17-10-8-7-9-11-17)14-23-21(26)24-20-16(4)12-15(3)13-18(20)22/h7-13,19H,5-6,14H2,1-4H3,(H2,23,24,26)/p+1/t19-/m1/s1. The van der Waals surface area contributed by atoms with E-state index in [1.165, 1.54) is 10.5 Å². The number of anilines is 1. The summed E-state index contributed by atoms with van der Waals surface area (Å²) in [7, 11) is 0. The van der Waals surface area contributed by atoms with E-state index in [2.05, 4.69) is 60.9 Å². The van der Waals surface area contributed by atoms with Gasteiger partial charge in [-0.1, -0.05) is 48.0 Å². The molecule has 0 amide bonds. The fourth-order valence-corrected chi connectivity index (χ4v) is 3.91. The van der Waals surface area contributed by atoms with Gasteiger partial charge in [-0.25, -0.2) is 0 Å². The molecule has 140 valence electrons. The number of aryl methyl sites for hydroxylation is 2. The molecule has 5 heteroatoms. The van der Waals surface area contributed by atoms with Crippen LogP contribution in [0.2, 0.25) is 5.02 Å². The summed E-state index contributed by atoms with van der Waals surface area (Å²) in [6, 6.07) is 15.0. The highest BCUT2D eigenvalue weighted by Gasteiger charge is 2.21. The first-order valence-corrected chi connectivity index (χ1v) is 9.96. The maximum absolute atomic E-state index is 6.38. The van der Waals surface area contributed by atoms with Crippen LogP contribution in [-0.4, -0.2) is 24.7 Å². The second-order valence-electron chi connectivity index (χ2n) is 6.60. The highest BCUT2D eigenvalue weighted by Crippen LogP contribution is 2.27. The monoisotopic (exact) mass is 390 g/mol. The van der Waals surface area contributed by atoms with Crippen LogP contribution in [0.5, 0.6) is 0 Å². The molecule has 0 fully saturated rings. The second kappa shape index (κ2) is 9.91. The van der Waals surface area contributed by atoms with Crippen LogP contribution in [0.15, 0.2) is 42.5 Å². The van der Waals surface area contributed by atoms with E-state index in [1.54, 1.807) is 0 Å². The summed E-state index contributed by atoms with van der Waals surface area (Å²) < 4.78 is 0. The Labute approximate surface area is 167 Å². The molecule has 0 aliphatic rings. The lowest BCUT2D eigenvalue weighted by atomic mass is 10.1. The number of rotatable bonds is 7. The molecule has 1 atom stereocenters. The molecule has 2 aromatic carbocycles. The molecule has 3 nitrogen and oxygen atoms in total. The molecule has 3 N–H and O–H groups in total. The maximum atomic E-state index is 6.38. The van der Waals surface area contributed by atoms with Crippen molar-refractivity contribution in [1.29, 1.82) is 0 Å². The predicted octanol–water partition coefficient (Wildman–Crippen LogP) is 3.91. The number of nitrogens with one attached hydrogen (secondary N) is 3. The van der Waals surface area contributed by atoms with Crippen molar-refractivity contribution in [2.75, 3.05) is 25.0 Å². The van der Waals surface area contributed by atoms with Gasteiger partial charge >= 0.3 is 0 Å². The Balaban J connectivity index is 2.08. The average molecular weight is 391 g/mol. The zero-order chi connectivity index (χ0) is 19.1. The molecule has 26 heavy (non-hydrogen) atoms. The Morgan fingerprint density at radius 2 is 1.77 bits per heavy atom. The van der Waals surface area contributed by atoms with Crippen LogP contribution in [0.3, 0.4) is 0 Å². The van der Waals surface area contributed by atoms with Gasteiger partial charge < -0.3 is 15.5 Å². The van der Waals surface area contributed by atoms with Gasteiger partial charge in [-0.2, -0.15) is 0 Å². The van der Waals surface area contributed by atoms with Crippen LogP contribution in [0.4, 0.5) is 5.69 Å². The second-order valence-corrected chi connectivity index (χ2v) is 7.42. The molecule has 0 heterocycles. The first kappa shape index (κ1) is 20.7. The van der Waals surface area contributed by atoms with Crippen molar-refractivity contribution < 1.29 is 4.90 Å². The van der Waals surface area contributed by atoms with Gasteiger partial charge in [-0.3, -0.25) is 0 Å². The van der Waals surface area contributed by atoms with Crippen molar-refractivity contribution in [1.82, 2.24) is 5.32 Å². The van der Waals surface area contributed by atoms with Crippen LogP contribution < -0.4 is 15.5 Å². The smallest absolute Gasteiger partial charge is 0.171 e. The number of halogens is 1. The van der Waals surface area contributed by atoms with Crippen LogP contribution >= 0.6 is 23.8 Å². The summed E-state index contributed by atoms with van der Waals surface area (Å²) in [6.45, 7) is 11.4. The van der Waals surface area contributed by atoms with Gasteiger partial charge in [0.2, 0.25) is 0 Å². The Morgan fingerprint density at radius 1 is 1.12 bits per heavy atom. The van der Waals surface area contributed by atoms with Crippen LogP contribution in [0.25, 0.3) is 0 Å². The Hall–Kier alpha value is -1.62. The van der Waals surface area contributed by atoms with Gasteiger partial charge in [0, 0.05) is 5.56 Å². The van der Waals surface area contributed by atoms with E-state index in [-0.39, 0.29) is 0 Å². The lowest BCUT2D eigenvalue weighted by molar-refractivity contribution is -0.927. The zero-order valence-electron chi connectivity index (χ0n) is 16.0. The lowest BCUT2D eigenvalue weighted by Crippen LogP contribution is -3.12. The van der Waals surface area contributed by atoms with Crippen molar-refractivity contribution in [3.63, 3.8) is 0 Å². The van der Waals surface area contributed by atoms with Gasteiger partial charge in [-0.15, -0.1) is 0 Å². The summed E-state index contributed by atoms with van der Waals surface area (Å²) in [4.78, 5) is 1.52. The highest BCUT2D eigenvalue weighted by atomic mass is 35.5. The van der Waals surface area contributed by atoms with E-state index in [0.29, 0.717) is 16.2 Å². The fourth-order valence-electron chi connectivity index (χ4n) is 3.35. The van der Waals surface area contributed by atoms with Gasteiger partial charge in [0.15, 0.2) is 5.11 Å². The van der Waals surface area contributed by atoms with Gasteiger partial charge in [0.25, 0.3) is 0 Å². The molecular formula is C21H29ClN3S+. The summed E-state index contributed by atoms with van der Waals surface area (Å²) in [6.07, 6.45) is 0. The topological polar surface area (TPSA) is 28.5 Å². The van der Waals surface area contributed by atoms with Gasteiger partial charge in [0.05, 0.1) is 30.3 Å². The number of hydrogen-bond acceptors (Lipinski definition) is 1.